The summed E-state index contributed by atoms with van der Waals surface area (Å²) in [6.45, 7) is 0.475. The number of methoxy groups -OCH3 is 1. The summed E-state index contributed by atoms with van der Waals surface area (Å²) >= 11 is 3.36. The van der Waals surface area contributed by atoms with Gasteiger partial charge in [-0.3, -0.25) is 4.79 Å². The van der Waals surface area contributed by atoms with Crippen LogP contribution in [0.1, 0.15) is 11.6 Å². The minimum Gasteiger partial charge on any atom is -0.497 e. The first-order valence-corrected chi connectivity index (χ1v) is 8.74. The zero-order valence-corrected chi connectivity index (χ0v) is 16.2. The van der Waals surface area contributed by atoms with Crippen molar-refractivity contribution in [3.05, 3.63) is 58.6 Å². The number of amides is 1. The molecule has 0 spiro atoms. The lowest BCUT2D eigenvalue weighted by molar-refractivity contribution is -0.123. The van der Waals surface area contributed by atoms with Gasteiger partial charge < -0.3 is 19.7 Å². The Bertz CT molecular complexity index is 689. The monoisotopic (exact) mass is 406 g/mol. The average molecular weight is 407 g/mol. The third-order valence-corrected chi connectivity index (χ3v) is 4.31. The predicted molar refractivity (Wildman–Crippen MR) is 102 cm³/mol. The van der Waals surface area contributed by atoms with Crippen molar-refractivity contribution in [2.24, 2.45) is 0 Å². The summed E-state index contributed by atoms with van der Waals surface area (Å²) in [5, 5.41) is 2.93. The number of hydrogen-bond donors (Lipinski definition) is 1. The highest BCUT2D eigenvalue weighted by Gasteiger charge is 2.16. The molecule has 0 fully saturated rings. The lowest BCUT2D eigenvalue weighted by Gasteiger charge is -2.25. The highest BCUT2D eigenvalue weighted by Crippen LogP contribution is 2.22. The molecule has 0 aliphatic carbocycles. The van der Waals surface area contributed by atoms with Crippen LogP contribution in [0.5, 0.6) is 11.5 Å². The van der Waals surface area contributed by atoms with Crippen LogP contribution in [-0.2, 0) is 4.79 Å². The van der Waals surface area contributed by atoms with E-state index in [4.69, 9.17) is 9.47 Å². The van der Waals surface area contributed by atoms with E-state index in [-0.39, 0.29) is 18.6 Å². The highest BCUT2D eigenvalue weighted by molar-refractivity contribution is 9.10. The third kappa shape index (κ3) is 6.07. The van der Waals surface area contributed by atoms with Gasteiger partial charge in [-0.15, -0.1) is 0 Å². The number of halogens is 1. The van der Waals surface area contributed by atoms with E-state index in [0.29, 0.717) is 12.3 Å². The van der Waals surface area contributed by atoms with Gasteiger partial charge in [0.25, 0.3) is 5.91 Å². The summed E-state index contributed by atoms with van der Waals surface area (Å²) in [7, 11) is 5.61. The third-order valence-electron chi connectivity index (χ3n) is 3.78. The zero-order chi connectivity index (χ0) is 18.2. The van der Waals surface area contributed by atoms with Gasteiger partial charge in [-0.1, -0.05) is 28.1 Å². The van der Waals surface area contributed by atoms with Crippen molar-refractivity contribution < 1.29 is 14.3 Å². The smallest absolute Gasteiger partial charge is 0.258 e. The second-order valence-electron chi connectivity index (χ2n) is 5.80. The van der Waals surface area contributed by atoms with Crippen molar-refractivity contribution in [3.63, 3.8) is 0 Å². The molecule has 1 N–H and O–H groups in total. The van der Waals surface area contributed by atoms with Gasteiger partial charge in [-0.2, -0.15) is 0 Å². The van der Waals surface area contributed by atoms with E-state index >= 15 is 0 Å². The van der Waals surface area contributed by atoms with E-state index in [1.807, 2.05) is 62.6 Å². The fourth-order valence-corrected chi connectivity index (χ4v) is 2.65. The molecule has 2 aromatic rings. The van der Waals surface area contributed by atoms with Crippen LogP contribution in [0.4, 0.5) is 0 Å². The molecule has 0 bridgehead atoms. The maximum absolute atomic E-state index is 12.1. The van der Waals surface area contributed by atoms with Crippen LogP contribution in [0.25, 0.3) is 0 Å². The van der Waals surface area contributed by atoms with Gasteiger partial charge in [0.1, 0.15) is 11.5 Å². The topological polar surface area (TPSA) is 50.8 Å². The average Bonchev–Trinajstić information content (AvgIpc) is 2.61. The van der Waals surface area contributed by atoms with E-state index in [9.17, 15) is 4.79 Å². The fraction of sp³-hybridized carbons (Fsp3) is 0.316. The van der Waals surface area contributed by atoms with E-state index in [1.54, 1.807) is 7.11 Å². The molecule has 0 radical (unpaired) electrons. The van der Waals surface area contributed by atoms with Crippen LogP contribution in [0, 0.1) is 0 Å². The molecule has 2 aromatic carbocycles. The Balaban J connectivity index is 1.89. The number of rotatable bonds is 8. The standard InChI is InChI=1S/C19H23BrN2O3/c1-22(2)18(14-5-4-6-17(11-14)24-3)12-21-19(23)13-25-16-9-7-15(20)8-10-16/h4-11,18H,12-13H2,1-3H3,(H,21,23)/t18-/m0/s1. The molecule has 0 aromatic heterocycles. The van der Waals surface area contributed by atoms with Crippen LogP contribution < -0.4 is 14.8 Å². The Morgan fingerprint density at radius 3 is 2.52 bits per heavy atom. The molecule has 1 atom stereocenters. The molecule has 6 heteroatoms. The van der Waals surface area contributed by atoms with Crippen LogP contribution in [0.15, 0.2) is 53.0 Å². The number of benzene rings is 2. The molecule has 0 unspecified atom stereocenters. The molecule has 0 heterocycles. The summed E-state index contributed by atoms with van der Waals surface area (Å²) in [6.07, 6.45) is 0. The van der Waals surface area contributed by atoms with Crippen LogP contribution in [-0.4, -0.2) is 45.2 Å². The Labute approximate surface area is 157 Å². The molecule has 0 aliphatic heterocycles. The molecule has 2 rings (SSSR count). The summed E-state index contributed by atoms with van der Waals surface area (Å²) in [6, 6.07) is 15.3. The van der Waals surface area contributed by atoms with Gasteiger partial charge in [0.05, 0.1) is 13.2 Å². The zero-order valence-electron chi connectivity index (χ0n) is 14.7. The van der Waals surface area contributed by atoms with Crippen molar-refractivity contribution in [1.29, 1.82) is 0 Å². The lowest BCUT2D eigenvalue weighted by atomic mass is 10.1. The SMILES string of the molecule is COc1cccc([C@H](CNC(=O)COc2ccc(Br)cc2)N(C)C)c1. The Hall–Kier alpha value is -2.05. The van der Waals surface area contributed by atoms with Crippen LogP contribution >= 0.6 is 15.9 Å². The lowest BCUT2D eigenvalue weighted by Crippen LogP contribution is -2.36. The highest BCUT2D eigenvalue weighted by atomic mass is 79.9. The Kier molecular flexibility index (Phi) is 7.28. The van der Waals surface area contributed by atoms with E-state index in [2.05, 4.69) is 26.1 Å². The largest absolute Gasteiger partial charge is 0.497 e. The number of hydrogen-bond acceptors (Lipinski definition) is 4. The fourth-order valence-electron chi connectivity index (χ4n) is 2.39. The predicted octanol–water partition coefficient (Wildman–Crippen LogP) is 3.26. The molecule has 0 saturated carbocycles. The van der Waals surface area contributed by atoms with Crippen molar-refractivity contribution in [1.82, 2.24) is 10.2 Å². The van der Waals surface area contributed by atoms with Gasteiger partial charge in [0, 0.05) is 11.0 Å². The first-order chi connectivity index (χ1) is 12.0. The number of carbonyl (C=O) groups is 1. The quantitative estimate of drug-likeness (QED) is 0.730. The van der Waals surface area contributed by atoms with Crippen molar-refractivity contribution in [3.8, 4) is 11.5 Å². The number of ether oxygens (including phenoxy) is 2. The maximum atomic E-state index is 12.1. The Morgan fingerprint density at radius 1 is 1.16 bits per heavy atom. The van der Waals surface area contributed by atoms with Gasteiger partial charge in [0.2, 0.25) is 0 Å². The minimum absolute atomic E-state index is 0.0140. The minimum atomic E-state index is -0.155. The van der Waals surface area contributed by atoms with Crippen LogP contribution in [0.3, 0.4) is 0 Å². The second-order valence-corrected chi connectivity index (χ2v) is 6.72. The summed E-state index contributed by atoms with van der Waals surface area (Å²) in [5.74, 6) is 1.31. The molecule has 25 heavy (non-hydrogen) atoms. The molecule has 0 saturated heterocycles. The summed E-state index contributed by atoms with van der Waals surface area (Å²) < 4.78 is 11.7. The van der Waals surface area contributed by atoms with Gasteiger partial charge in [-0.25, -0.2) is 0 Å². The molecule has 5 nitrogen and oxygen atoms in total. The first kappa shape index (κ1) is 19.3. The summed E-state index contributed by atoms with van der Waals surface area (Å²) in [4.78, 5) is 14.1. The molecule has 0 aliphatic rings. The molecule has 1 amide bonds. The first-order valence-electron chi connectivity index (χ1n) is 7.95. The summed E-state index contributed by atoms with van der Waals surface area (Å²) in [5.41, 5.74) is 1.08. The molecule has 134 valence electrons. The number of nitrogens with one attached hydrogen (secondary N) is 1. The second kappa shape index (κ2) is 9.44. The number of carbonyl (C=O) groups excluding carboxylic acids is 1. The van der Waals surface area contributed by atoms with Gasteiger partial charge in [-0.05, 0) is 56.1 Å². The van der Waals surface area contributed by atoms with E-state index in [0.717, 1.165) is 15.8 Å². The molecular weight excluding hydrogens is 384 g/mol. The van der Waals surface area contributed by atoms with Crippen LogP contribution in [0.2, 0.25) is 0 Å². The van der Waals surface area contributed by atoms with Crippen molar-refractivity contribution in [2.75, 3.05) is 34.4 Å². The van der Waals surface area contributed by atoms with Gasteiger partial charge in [0.15, 0.2) is 6.61 Å². The maximum Gasteiger partial charge on any atom is 0.258 e. The van der Waals surface area contributed by atoms with Crippen molar-refractivity contribution in [2.45, 2.75) is 6.04 Å². The van der Waals surface area contributed by atoms with Crippen molar-refractivity contribution >= 4 is 21.8 Å². The number of likely N-dealkylation sites (N-methyl/N-ethyl adjacent to an activating group) is 1. The number of nitrogens with zero attached hydrogens (tertiary/aromatic N) is 1. The Morgan fingerprint density at radius 2 is 1.88 bits per heavy atom. The van der Waals surface area contributed by atoms with E-state index < -0.39 is 0 Å². The van der Waals surface area contributed by atoms with Gasteiger partial charge >= 0.3 is 0 Å². The normalized spacial score (nSPS) is 11.9. The molecular formula is C19H23BrN2O3. The van der Waals surface area contributed by atoms with E-state index in [1.165, 1.54) is 0 Å².